The van der Waals surface area contributed by atoms with Gasteiger partial charge in [0.2, 0.25) is 5.95 Å². The fraction of sp³-hybridized carbons (Fsp3) is 0.467. The number of carbonyl (C=O) groups is 1. The molecule has 2 N–H and O–H groups in total. The number of hydrogen-bond donors (Lipinski definition) is 1. The Morgan fingerprint density at radius 2 is 1.95 bits per heavy atom. The van der Waals surface area contributed by atoms with E-state index in [1.54, 1.807) is 6.08 Å². The Hall–Kier alpha value is -1.57. The van der Waals surface area contributed by atoms with Crippen molar-refractivity contribution in [2.24, 2.45) is 5.73 Å². The molecule has 0 unspecified atom stereocenters. The maximum absolute atomic E-state index is 13.3. The standard InChI is InChI=1S/C15H20BFN2O3/c1-14(2)15(3,4)22-16(21-14)12(7-18)6-10-5-11(9-20)13(17)19-8-10/h5-6,8-9H,7,18H2,1-4H3. The Bertz CT molecular complexity index is 601. The first kappa shape index (κ1) is 16.8. The molecule has 5 nitrogen and oxygen atoms in total. The third kappa shape index (κ3) is 3.11. The van der Waals surface area contributed by atoms with Crippen molar-refractivity contribution in [3.05, 3.63) is 34.8 Å². The van der Waals surface area contributed by atoms with Gasteiger partial charge in [-0.3, -0.25) is 4.79 Å². The van der Waals surface area contributed by atoms with Gasteiger partial charge in [0.05, 0.1) is 16.8 Å². The lowest BCUT2D eigenvalue weighted by atomic mass is 9.77. The summed E-state index contributed by atoms with van der Waals surface area (Å²) in [5.74, 6) is -0.794. The molecular formula is C15H20BFN2O3. The largest absolute Gasteiger partial charge is 0.491 e. The summed E-state index contributed by atoms with van der Waals surface area (Å²) in [6.45, 7) is 8.01. The van der Waals surface area contributed by atoms with Crippen LogP contribution < -0.4 is 5.73 Å². The molecule has 0 aliphatic carbocycles. The molecule has 22 heavy (non-hydrogen) atoms. The number of aldehydes is 1. The third-order valence-corrected chi connectivity index (χ3v) is 4.16. The zero-order valence-corrected chi connectivity index (χ0v) is 13.2. The van der Waals surface area contributed by atoms with Crippen LogP contribution in [0.4, 0.5) is 4.39 Å². The number of nitrogens with zero attached hydrogens (tertiary/aromatic N) is 1. The van der Waals surface area contributed by atoms with Crippen molar-refractivity contribution in [2.45, 2.75) is 38.9 Å². The molecule has 1 aromatic heterocycles. The van der Waals surface area contributed by atoms with Gasteiger partial charge in [0.25, 0.3) is 0 Å². The Balaban J connectivity index is 2.31. The highest BCUT2D eigenvalue weighted by atomic mass is 19.1. The van der Waals surface area contributed by atoms with Crippen LogP contribution in [0.15, 0.2) is 17.7 Å². The SMILES string of the molecule is CC1(C)OB(C(=Cc2cnc(F)c(C=O)c2)CN)OC1(C)C. The lowest BCUT2D eigenvalue weighted by Gasteiger charge is -2.32. The van der Waals surface area contributed by atoms with E-state index in [1.165, 1.54) is 12.3 Å². The lowest BCUT2D eigenvalue weighted by Crippen LogP contribution is -2.41. The summed E-state index contributed by atoms with van der Waals surface area (Å²) >= 11 is 0. The number of rotatable bonds is 4. The quantitative estimate of drug-likeness (QED) is 0.523. The van der Waals surface area contributed by atoms with E-state index in [0.717, 1.165) is 0 Å². The second-order valence-electron chi connectivity index (χ2n) is 6.28. The van der Waals surface area contributed by atoms with Crippen LogP contribution in [0.1, 0.15) is 43.6 Å². The first-order valence-electron chi connectivity index (χ1n) is 7.07. The number of halogens is 1. The molecular weight excluding hydrogens is 286 g/mol. The predicted molar refractivity (Wildman–Crippen MR) is 82.7 cm³/mol. The van der Waals surface area contributed by atoms with E-state index in [1.807, 2.05) is 27.7 Å². The van der Waals surface area contributed by atoms with E-state index in [-0.39, 0.29) is 12.1 Å². The molecule has 0 bridgehead atoms. The van der Waals surface area contributed by atoms with Crippen molar-refractivity contribution < 1.29 is 18.5 Å². The second-order valence-corrected chi connectivity index (χ2v) is 6.28. The Morgan fingerprint density at radius 3 is 2.45 bits per heavy atom. The van der Waals surface area contributed by atoms with Crippen LogP contribution in [0.5, 0.6) is 0 Å². The molecule has 1 aliphatic heterocycles. The Kier molecular flexibility index (Phi) is 4.51. The van der Waals surface area contributed by atoms with Crippen LogP contribution in [0.3, 0.4) is 0 Å². The minimum absolute atomic E-state index is 0.0981. The summed E-state index contributed by atoms with van der Waals surface area (Å²) in [6, 6.07) is 1.41. The smallest absolute Gasteiger partial charge is 0.400 e. The zero-order valence-electron chi connectivity index (χ0n) is 13.2. The van der Waals surface area contributed by atoms with Crippen LogP contribution in [0, 0.1) is 5.95 Å². The van der Waals surface area contributed by atoms with Crippen molar-refractivity contribution in [3.8, 4) is 0 Å². The number of aromatic nitrogens is 1. The average Bonchev–Trinajstić information content (AvgIpc) is 2.66. The van der Waals surface area contributed by atoms with Crippen molar-refractivity contribution in [3.63, 3.8) is 0 Å². The molecule has 1 aliphatic rings. The Morgan fingerprint density at radius 1 is 1.36 bits per heavy atom. The van der Waals surface area contributed by atoms with Crippen molar-refractivity contribution in [1.29, 1.82) is 0 Å². The normalized spacial score (nSPS) is 20.3. The third-order valence-electron chi connectivity index (χ3n) is 4.16. The zero-order chi connectivity index (χ0) is 16.5. The van der Waals surface area contributed by atoms with Crippen molar-refractivity contribution in [1.82, 2.24) is 4.98 Å². The average molecular weight is 306 g/mol. The molecule has 2 rings (SSSR count). The van der Waals surface area contributed by atoms with Gasteiger partial charge in [-0.1, -0.05) is 6.08 Å². The van der Waals surface area contributed by atoms with E-state index >= 15 is 0 Å². The van der Waals surface area contributed by atoms with Gasteiger partial charge >= 0.3 is 7.12 Å². The molecule has 1 fully saturated rings. The van der Waals surface area contributed by atoms with Gasteiger partial charge in [-0.05, 0) is 44.8 Å². The van der Waals surface area contributed by atoms with Gasteiger partial charge in [0.15, 0.2) is 6.29 Å². The number of nitrogens with two attached hydrogens (primary N) is 1. The van der Waals surface area contributed by atoms with Crippen LogP contribution >= 0.6 is 0 Å². The molecule has 0 spiro atoms. The summed E-state index contributed by atoms with van der Waals surface area (Å²) in [5, 5.41) is 0. The predicted octanol–water partition coefficient (Wildman–Crippen LogP) is 2.01. The Labute approximate surface area is 129 Å². The van der Waals surface area contributed by atoms with Gasteiger partial charge in [0, 0.05) is 12.7 Å². The van der Waals surface area contributed by atoms with Gasteiger partial charge in [-0.15, -0.1) is 0 Å². The lowest BCUT2D eigenvalue weighted by molar-refractivity contribution is 0.00578. The van der Waals surface area contributed by atoms with E-state index in [0.29, 0.717) is 17.3 Å². The van der Waals surface area contributed by atoms with Gasteiger partial charge < -0.3 is 15.0 Å². The highest BCUT2D eigenvalue weighted by Gasteiger charge is 2.52. The minimum Gasteiger partial charge on any atom is -0.400 e. The molecule has 0 aromatic carbocycles. The van der Waals surface area contributed by atoms with Crippen LogP contribution in [-0.2, 0) is 9.31 Å². The fourth-order valence-corrected chi connectivity index (χ4v) is 2.08. The van der Waals surface area contributed by atoms with E-state index in [9.17, 15) is 9.18 Å². The van der Waals surface area contributed by atoms with Gasteiger partial charge in [-0.25, -0.2) is 4.98 Å². The number of pyridine rings is 1. The van der Waals surface area contributed by atoms with Crippen molar-refractivity contribution >= 4 is 19.5 Å². The monoisotopic (exact) mass is 306 g/mol. The highest BCUT2D eigenvalue weighted by Crippen LogP contribution is 2.38. The first-order chi connectivity index (χ1) is 10.2. The van der Waals surface area contributed by atoms with Crippen LogP contribution in [-0.4, -0.2) is 36.1 Å². The van der Waals surface area contributed by atoms with E-state index in [4.69, 9.17) is 15.0 Å². The maximum atomic E-state index is 13.3. The summed E-state index contributed by atoms with van der Waals surface area (Å²) in [5.41, 5.74) is 6.01. The molecule has 0 radical (unpaired) electrons. The van der Waals surface area contributed by atoms with E-state index < -0.39 is 24.3 Å². The molecule has 7 heteroatoms. The van der Waals surface area contributed by atoms with Crippen LogP contribution in [0.2, 0.25) is 0 Å². The molecule has 0 saturated carbocycles. The molecule has 1 aromatic rings. The topological polar surface area (TPSA) is 74.4 Å². The first-order valence-corrected chi connectivity index (χ1v) is 7.07. The van der Waals surface area contributed by atoms with Crippen molar-refractivity contribution in [2.75, 3.05) is 6.54 Å². The van der Waals surface area contributed by atoms with Crippen LogP contribution in [0.25, 0.3) is 6.08 Å². The highest BCUT2D eigenvalue weighted by molar-refractivity contribution is 6.55. The van der Waals surface area contributed by atoms with Gasteiger partial charge in [0.1, 0.15) is 0 Å². The molecule has 0 amide bonds. The summed E-state index contributed by atoms with van der Waals surface area (Å²) < 4.78 is 25.1. The number of hydrogen-bond acceptors (Lipinski definition) is 5. The molecule has 0 atom stereocenters. The maximum Gasteiger partial charge on any atom is 0.491 e. The van der Waals surface area contributed by atoms with Gasteiger partial charge in [-0.2, -0.15) is 4.39 Å². The summed E-state index contributed by atoms with van der Waals surface area (Å²) in [6.07, 6.45) is 3.47. The van der Waals surface area contributed by atoms with E-state index in [2.05, 4.69) is 4.98 Å². The fourth-order valence-electron chi connectivity index (χ4n) is 2.08. The number of carbonyl (C=O) groups excluding carboxylic acids is 1. The molecule has 1 saturated heterocycles. The minimum atomic E-state index is -0.794. The molecule has 118 valence electrons. The molecule has 2 heterocycles. The summed E-state index contributed by atoms with van der Waals surface area (Å²) in [4.78, 5) is 14.3. The second kappa shape index (κ2) is 5.91. The summed E-state index contributed by atoms with van der Waals surface area (Å²) in [7, 11) is -0.584.